The van der Waals surface area contributed by atoms with Gasteiger partial charge in [-0.2, -0.15) is 13.2 Å². The number of hydrogen-bond acceptors (Lipinski definition) is 1. The molecule has 0 aliphatic carbocycles. The summed E-state index contributed by atoms with van der Waals surface area (Å²) in [6, 6.07) is 13.2. The number of benzene rings is 2. The molecule has 2 nitrogen and oxygen atoms in total. The fourth-order valence-corrected chi connectivity index (χ4v) is 2.43. The van der Waals surface area contributed by atoms with Crippen LogP contribution in [-0.4, -0.2) is 9.55 Å². The highest BCUT2D eigenvalue weighted by Gasteiger charge is 2.31. The summed E-state index contributed by atoms with van der Waals surface area (Å²) >= 11 is 0. The average molecular weight is 290 g/mol. The molecule has 0 saturated heterocycles. The van der Waals surface area contributed by atoms with Gasteiger partial charge in [0.25, 0.3) is 0 Å². The summed E-state index contributed by atoms with van der Waals surface area (Å²) in [7, 11) is 0. The number of fused-ring (bicyclic) bond motifs is 1. The Morgan fingerprint density at radius 3 is 2.38 bits per heavy atom. The molecule has 2 aromatic carbocycles. The number of halogens is 3. The molecular formula is C16H13F3N2. The lowest BCUT2D eigenvalue weighted by atomic mass is 10.2. The second kappa shape index (κ2) is 4.91. The van der Waals surface area contributed by atoms with E-state index in [4.69, 9.17) is 0 Å². The van der Waals surface area contributed by atoms with Gasteiger partial charge in [0.2, 0.25) is 0 Å². The molecule has 1 heterocycles. The first-order valence-electron chi connectivity index (χ1n) is 6.63. The Balaban J connectivity index is 2.23. The van der Waals surface area contributed by atoms with Crippen LogP contribution in [0.25, 0.3) is 22.4 Å². The molecule has 3 rings (SSSR count). The van der Waals surface area contributed by atoms with Crippen LogP contribution >= 0.6 is 0 Å². The van der Waals surface area contributed by atoms with Gasteiger partial charge in [0.05, 0.1) is 16.6 Å². The number of imidazole rings is 1. The fourth-order valence-electron chi connectivity index (χ4n) is 2.43. The summed E-state index contributed by atoms with van der Waals surface area (Å²) < 4.78 is 40.3. The van der Waals surface area contributed by atoms with Gasteiger partial charge in [-0.15, -0.1) is 0 Å². The Morgan fingerprint density at radius 2 is 1.76 bits per heavy atom. The molecule has 0 aliphatic rings. The molecule has 0 aliphatic heterocycles. The topological polar surface area (TPSA) is 17.8 Å². The van der Waals surface area contributed by atoms with Crippen molar-refractivity contribution in [1.82, 2.24) is 9.55 Å². The van der Waals surface area contributed by atoms with Crippen LogP contribution in [-0.2, 0) is 12.7 Å². The van der Waals surface area contributed by atoms with Crippen LogP contribution in [0.3, 0.4) is 0 Å². The van der Waals surface area contributed by atoms with Crippen molar-refractivity contribution in [1.29, 1.82) is 0 Å². The fraction of sp³-hybridized carbons (Fsp3) is 0.188. The second-order valence-electron chi connectivity index (χ2n) is 4.75. The van der Waals surface area contributed by atoms with Gasteiger partial charge < -0.3 is 4.57 Å². The monoisotopic (exact) mass is 290 g/mol. The van der Waals surface area contributed by atoms with Crippen LogP contribution in [0.1, 0.15) is 12.5 Å². The molecule has 0 fully saturated rings. The van der Waals surface area contributed by atoms with Gasteiger partial charge in [-0.1, -0.05) is 30.3 Å². The highest BCUT2D eigenvalue weighted by atomic mass is 19.4. The zero-order valence-electron chi connectivity index (χ0n) is 11.4. The molecule has 1 aromatic heterocycles. The maximum Gasteiger partial charge on any atom is 0.416 e. The number of alkyl halides is 3. The summed E-state index contributed by atoms with van der Waals surface area (Å²) in [6.07, 6.45) is -4.35. The lowest BCUT2D eigenvalue weighted by Gasteiger charge is -2.07. The molecule has 0 radical (unpaired) electrons. The summed E-state index contributed by atoms with van der Waals surface area (Å²) in [5.41, 5.74) is 1.30. The van der Waals surface area contributed by atoms with Crippen molar-refractivity contribution >= 4 is 11.0 Å². The van der Waals surface area contributed by atoms with Crippen molar-refractivity contribution < 1.29 is 13.2 Å². The van der Waals surface area contributed by atoms with Crippen LogP contribution in [0.4, 0.5) is 13.2 Å². The Labute approximate surface area is 119 Å². The minimum Gasteiger partial charge on any atom is -0.324 e. The van der Waals surface area contributed by atoms with Crippen molar-refractivity contribution in [3.63, 3.8) is 0 Å². The summed E-state index contributed by atoms with van der Waals surface area (Å²) in [4.78, 5) is 4.39. The van der Waals surface area contributed by atoms with Crippen LogP contribution < -0.4 is 0 Å². The van der Waals surface area contributed by atoms with Gasteiger partial charge in [-0.05, 0) is 25.1 Å². The Kier molecular flexibility index (Phi) is 3.20. The first kappa shape index (κ1) is 13.7. The van der Waals surface area contributed by atoms with Gasteiger partial charge in [-0.25, -0.2) is 4.98 Å². The molecule has 3 aromatic rings. The van der Waals surface area contributed by atoms with E-state index in [-0.39, 0.29) is 0 Å². The van der Waals surface area contributed by atoms with Gasteiger partial charge in [0.15, 0.2) is 0 Å². The number of hydrogen-bond donors (Lipinski definition) is 0. The number of aryl methyl sites for hydroxylation is 1. The van der Waals surface area contributed by atoms with E-state index in [1.165, 1.54) is 6.07 Å². The van der Waals surface area contributed by atoms with E-state index in [0.29, 0.717) is 23.4 Å². The highest BCUT2D eigenvalue weighted by molar-refractivity contribution is 5.81. The van der Waals surface area contributed by atoms with Crippen LogP contribution in [0.15, 0.2) is 48.5 Å². The van der Waals surface area contributed by atoms with E-state index in [1.807, 2.05) is 41.8 Å². The van der Waals surface area contributed by atoms with E-state index >= 15 is 0 Å². The third-order valence-electron chi connectivity index (χ3n) is 3.42. The SMILES string of the molecule is CCn1c(-c2ccccc2)nc2cc(C(F)(F)F)ccc21. The van der Waals surface area contributed by atoms with E-state index in [0.717, 1.165) is 17.7 Å². The van der Waals surface area contributed by atoms with Crippen molar-refractivity contribution in [2.45, 2.75) is 19.6 Å². The van der Waals surface area contributed by atoms with Crippen LogP contribution in [0.2, 0.25) is 0 Å². The van der Waals surface area contributed by atoms with Gasteiger partial charge in [-0.3, -0.25) is 0 Å². The lowest BCUT2D eigenvalue weighted by Crippen LogP contribution is -2.04. The molecule has 0 amide bonds. The molecule has 5 heteroatoms. The smallest absolute Gasteiger partial charge is 0.324 e. The van der Waals surface area contributed by atoms with Crippen molar-refractivity contribution in [2.24, 2.45) is 0 Å². The Bertz CT molecular complexity index is 773. The zero-order valence-corrected chi connectivity index (χ0v) is 11.4. The standard InChI is InChI=1S/C16H13F3N2/c1-2-21-14-9-8-12(16(17,18)19)10-13(14)20-15(21)11-6-4-3-5-7-11/h3-10H,2H2,1H3. The molecule has 108 valence electrons. The molecule has 21 heavy (non-hydrogen) atoms. The molecular weight excluding hydrogens is 277 g/mol. The number of aromatic nitrogens is 2. The molecule has 0 unspecified atom stereocenters. The zero-order chi connectivity index (χ0) is 15.0. The molecule has 0 spiro atoms. The van der Waals surface area contributed by atoms with Crippen molar-refractivity contribution in [3.05, 3.63) is 54.1 Å². The van der Waals surface area contributed by atoms with Gasteiger partial charge in [0.1, 0.15) is 5.82 Å². The predicted molar refractivity (Wildman–Crippen MR) is 75.8 cm³/mol. The maximum absolute atomic E-state index is 12.8. The van der Waals surface area contributed by atoms with Crippen molar-refractivity contribution in [3.8, 4) is 11.4 Å². The molecule has 0 saturated carbocycles. The Morgan fingerprint density at radius 1 is 1.05 bits per heavy atom. The molecule has 0 atom stereocenters. The predicted octanol–water partition coefficient (Wildman–Crippen LogP) is 4.74. The minimum atomic E-state index is -4.35. The lowest BCUT2D eigenvalue weighted by molar-refractivity contribution is -0.137. The average Bonchev–Trinajstić information content (AvgIpc) is 2.84. The summed E-state index contributed by atoms with van der Waals surface area (Å²) in [6.45, 7) is 2.59. The second-order valence-corrected chi connectivity index (χ2v) is 4.75. The third-order valence-corrected chi connectivity index (χ3v) is 3.42. The summed E-state index contributed by atoms with van der Waals surface area (Å²) in [5.74, 6) is 0.687. The highest BCUT2D eigenvalue weighted by Crippen LogP contribution is 2.32. The van der Waals surface area contributed by atoms with Crippen LogP contribution in [0, 0.1) is 0 Å². The first-order chi connectivity index (χ1) is 10.0. The number of rotatable bonds is 2. The van der Waals surface area contributed by atoms with Gasteiger partial charge >= 0.3 is 6.18 Å². The van der Waals surface area contributed by atoms with E-state index in [2.05, 4.69) is 4.98 Å². The first-order valence-corrected chi connectivity index (χ1v) is 6.63. The normalized spacial score (nSPS) is 12.0. The van der Waals surface area contributed by atoms with E-state index < -0.39 is 11.7 Å². The van der Waals surface area contributed by atoms with Crippen molar-refractivity contribution in [2.75, 3.05) is 0 Å². The number of nitrogens with zero attached hydrogens (tertiary/aromatic N) is 2. The van der Waals surface area contributed by atoms with Gasteiger partial charge in [0, 0.05) is 12.1 Å². The van der Waals surface area contributed by atoms with Crippen LogP contribution in [0.5, 0.6) is 0 Å². The quantitative estimate of drug-likeness (QED) is 0.666. The van der Waals surface area contributed by atoms with E-state index in [1.54, 1.807) is 0 Å². The maximum atomic E-state index is 12.8. The van der Waals surface area contributed by atoms with E-state index in [9.17, 15) is 13.2 Å². The largest absolute Gasteiger partial charge is 0.416 e. The molecule has 0 N–H and O–H groups in total. The molecule has 0 bridgehead atoms. The third kappa shape index (κ3) is 2.39. The Hall–Kier alpha value is -2.30. The minimum absolute atomic E-state index is 0.366. The summed E-state index contributed by atoms with van der Waals surface area (Å²) in [5, 5.41) is 0.